The number of hydrogen-bond acceptors (Lipinski definition) is 6. The van der Waals surface area contributed by atoms with Gasteiger partial charge in [-0.3, -0.25) is 14.9 Å². The number of non-ortho nitro benzene ring substituents is 1. The van der Waals surface area contributed by atoms with E-state index in [1.54, 1.807) is 26.4 Å². The number of ether oxygens (including phenoxy) is 2. The molecule has 0 radical (unpaired) electrons. The van der Waals surface area contributed by atoms with E-state index in [1.165, 1.54) is 29.5 Å². The van der Waals surface area contributed by atoms with E-state index in [4.69, 9.17) is 9.47 Å². The fourth-order valence-corrected chi connectivity index (χ4v) is 3.80. The first-order valence-corrected chi connectivity index (χ1v) is 9.39. The molecule has 0 saturated carbocycles. The molecule has 2 aromatic rings. The Morgan fingerprint density at radius 1 is 1.15 bits per heavy atom. The predicted molar refractivity (Wildman–Crippen MR) is 102 cm³/mol. The van der Waals surface area contributed by atoms with Crippen molar-refractivity contribution in [3.8, 4) is 11.5 Å². The van der Waals surface area contributed by atoms with Gasteiger partial charge in [-0.05, 0) is 41.8 Å². The molecule has 1 amide bonds. The van der Waals surface area contributed by atoms with Gasteiger partial charge >= 0.3 is 0 Å². The zero-order chi connectivity index (χ0) is 19.4. The average Bonchev–Trinajstić information content (AvgIpc) is 2.70. The molecule has 0 unspecified atom stereocenters. The maximum absolute atomic E-state index is 12.6. The van der Waals surface area contributed by atoms with Gasteiger partial charge in [0.15, 0.2) is 11.5 Å². The number of thioether (sulfide) groups is 1. The minimum Gasteiger partial charge on any atom is -0.493 e. The number of hydrogen-bond donors (Lipinski definition) is 0. The molecule has 0 bridgehead atoms. The smallest absolute Gasteiger partial charge is 0.269 e. The molecule has 142 valence electrons. The van der Waals surface area contributed by atoms with Gasteiger partial charge in [0.25, 0.3) is 5.69 Å². The van der Waals surface area contributed by atoms with Gasteiger partial charge in [0, 0.05) is 30.1 Å². The van der Waals surface area contributed by atoms with Crippen molar-refractivity contribution in [1.82, 2.24) is 4.90 Å². The normalized spacial score (nSPS) is 13.0. The Balaban J connectivity index is 1.62. The van der Waals surface area contributed by atoms with Crippen molar-refractivity contribution < 1.29 is 19.2 Å². The predicted octanol–water partition coefficient (Wildman–Crippen LogP) is 3.29. The first-order valence-electron chi connectivity index (χ1n) is 8.40. The molecule has 0 saturated heterocycles. The van der Waals surface area contributed by atoms with Crippen molar-refractivity contribution in [1.29, 1.82) is 0 Å². The summed E-state index contributed by atoms with van der Waals surface area (Å²) in [5, 5.41) is 10.7. The summed E-state index contributed by atoms with van der Waals surface area (Å²) in [4.78, 5) is 25.5. The summed E-state index contributed by atoms with van der Waals surface area (Å²) >= 11 is 1.38. The number of rotatable bonds is 6. The van der Waals surface area contributed by atoms with Crippen molar-refractivity contribution in [2.75, 3.05) is 26.5 Å². The van der Waals surface area contributed by atoms with Crippen LogP contribution in [0.4, 0.5) is 5.69 Å². The second-order valence-electron chi connectivity index (χ2n) is 6.08. The molecule has 8 heteroatoms. The number of nitro groups is 1. The van der Waals surface area contributed by atoms with Gasteiger partial charge in [-0.15, -0.1) is 11.8 Å². The van der Waals surface area contributed by atoms with E-state index >= 15 is 0 Å². The molecule has 0 fully saturated rings. The van der Waals surface area contributed by atoms with E-state index in [0.29, 0.717) is 30.3 Å². The zero-order valence-electron chi connectivity index (χ0n) is 15.1. The zero-order valence-corrected chi connectivity index (χ0v) is 16.0. The van der Waals surface area contributed by atoms with Crippen LogP contribution in [-0.4, -0.2) is 42.2 Å². The number of methoxy groups -OCH3 is 2. The van der Waals surface area contributed by atoms with Crippen LogP contribution in [0.25, 0.3) is 0 Å². The monoisotopic (exact) mass is 388 g/mol. The number of amides is 1. The fraction of sp³-hybridized carbons (Fsp3) is 0.316. The van der Waals surface area contributed by atoms with Gasteiger partial charge in [-0.1, -0.05) is 0 Å². The molecule has 1 aliphatic heterocycles. The Kier molecular flexibility index (Phi) is 5.85. The number of benzene rings is 2. The fourth-order valence-electron chi connectivity index (χ4n) is 3.00. The first-order chi connectivity index (χ1) is 13.0. The Morgan fingerprint density at radius 3 is 2.37 bits per heavy atom. The van der Waals surface area contributed by atoms with E-state index < -0.39 is 4.92 Å². The van der Waals surface area contributed by atoms with Crippen LogP contribution >= 0.6 is 11.8 Å². The molecule has 0 N–H and O–H groups in total. The summed E-state index contributed by atoms with van der Waals surface area (Å²) in [7, 11) is 3.20. The standard InChI is InChI=1S/C19H20N2O5S/c1-25-17-9-13-7-8-20(11-14(13)10-18(17)26-2)19(22)12-27-16-5-3-15(4-6-16)21(23)24/h3-6,9-10H,7-8,11-12H2,1-2H3. The molecule has 3 rings (SSSR count). The number of nitrogens with zero attached hydrogens (tertiary/aromatic N) is 2. The van der Waals surface area contributed by atoms with Gasteiger partial charge < -0.3 is 14.4 Å². The van der Waals surface area contributed by atoms with Crippen molar-refractivity contribution in [2.24, 2.45) is 0 Å². The molecule has 27 heavy (non-hydrogen) atoms. The molecule has 0 aromatic heterocycles. The van der Waals surface area contributed by atoms with Crippen molar-refractivity contribution in [3.63, 3.8) is 0 Å². The summed E-state index contributed by atoms with van der Waals surface area (Å²) in [6, 6.07) is 10.1. The maximum atomic E-state index is 12.6. The maximum Gasteiger partial charge on any atom is 0.269 e. The second-order valence-corrected chi connectivity index (χ2v) is 7.13. The first kappa shape index (κ1) is 19.0. The van der Waals surface area contributed by atoms with E-state index in [2.05, 4.69) is 0 Å². The molecular formula is C19H20N2O5S. The van der Waals surface area contributed by atoms with E-state index in [1.807, 2.05) is 17.0 Å². The lowest BCUT2D eigenvalue weighted by molar-refractivity contribution is -0.384. The van der Waals surface area contributed by atoms with Crippen LogP contribution in [0.2, 0.25) is 0 Å². The number of nitro benzene ring substituents is 1. The molecule has 2 aromatic carbocycles. The largest absolute Gasteiger partial charge is 0.493 e. The lowest BCUT2D eigenvalue weighted by Crippen LogP contribution is -2.37. The quantitative estimate of drug-likeness (QED) is 0.429. The van der Waals surface area contributed by atoms with Gasteiger partial charge in [0.2, 0.25) is 5.91 Å². The third-order valence-corrected chi connectivity index (χ3v) is 5.48. The van der Waals surface area contributed by atoms with Crippen LogP contribution in [0.5, 0.6) is 11.5 Å². The SMILES string of the molecule is COc1cc2c(cc1OC)CN(C(=O)CSc1ccc([N+](=O)[O-])cc1)CC2. The molecule has 0 atom stereocenters. The Bertz CT molecular complexity index is 854. The van der Waals surface area contributed by atoms with Crippen LogP contribution in [0.1, 0.15) is 11.1 Å². The highest BCUT2D eigenvalue weighted by molar-refractivity contribution is 8.00. The van der Waals surface area contributed by atoms with Gasteiger partial charge in [0.05, 0.1) is 24.9 Å². The number of fused-ring (bicyclic) bond motifs is 1. The molecule has 0 aliphatic carbocycles. The molecule has 1 heterocycles. The summed E-state index contributed by atoms with van der Waals surface area (Å²) in [5.41, 5.74) is 2.27. The van der Waals surface area contributed by atoms with Crippen molar-refractivity contribution >= 4 is 23.4 Å². The Labute approximate surface area is 161 Å². The topological polar surface area (TPSA) is 81.9 Å². The van der Waals surface area contributed by atoms with Crippen LogP contribution in [0.3, 0.4) is 0 Å². The van der Waals surface area contributed by atoms with E-state index in [0.717, 1.165) is 16.9 Å². The molecular weight excluding hydrogens is 368 g/mol. The Hall–Kier alpha value is -2.74. The van der Waals surface area contributed by atoms with Crippen LogP contribution in [0.15, 0.2) is 41.3 Å². The van der Waals surface area contributed by atoms with Gasteiger partial charge in [-0.25, -0.2) is 0 Å². The molecule has 0 spiro atoms. The third kappa shape index (κ3) is 4.33. The summed E-state index contributed by atoms with van der Waals surface area (Å²) in [5.74, 6) is 1.69. The van der Waals surface area contributed by atoms with Gasteiger partial charge in [0.1, 0.15) is 0 Å². The molecule has 1 aliphatic rings. The lowest BCUT2D eigenvalue weighted by Gasteiger charge is -2.29. The summed E-state index contributed by atoms with van der Waals surface area (Å²) in [6.07, 6.45) is 0.767. The highest BCUT2D eigenvalue weighted by Gasteiger charge is 2.23. The van der Waals surface area contributed by atoms with Crippen LogP contribution < -0.4 is 9.47 Å². The number of carbonyl (C=O) groups is 1. The highest BCUT2D eigenvalue weighted by Crippen LogP contribution is 2.33. The minimum atomic E-state index is -0.436. The van der Waals surface area contributed by atoms with Crippen molar-refractivity contribution in [2.45, 2.75) is 17.9 Å². The third-order valence-electron chi connectivity index (χ3n) is 4.48. The van der Waals surface area contributed by atoms with Crippen molar-refractivity contribution in [3.05, 3.63) is 57.6 Å². The summed E-state index contributed by atoms with van der Waals surface area (Å²) in [6.45, 7) is 1.19. The lowest BCUT2D eigenvalue weighted by atomic mass is 9.99. The van der Waals surface area contributed by atoms with Crippen LogP contribution in [-0.2, 0) is 17.8 Å². The summed E-state index contributed by atoms with van der Waals surface area (Å²) < 4.78 is 10.7. The minimum absolute atomic E-state index is 0.0405. The van der Waals surface area contributed by atoms with Gasteiger partial charge in [-0.2, -0.15) is 0 Å². The Morgan fingerprint density at radius 2 is 1.78 bits per heavy atom. The van der Waals surface area contributed by atoms with E-state index in [9.17, 15) is 14.9 Å². The number of carbonyl (C=O) groups excluding carboxylic acids is 1. The molecule has 7 nitrogen and oxygen atoms in total. The highest BCUT2D eigenvalue weighted by atomic mass is 32.2. The van der Waals surface area contributed by atoms with Crippen LogP contribution in [0, 0.1) is 10.1 Å². The second kappa shape index (κ2) is 8.30. The van der Waals surface area contributed by atoms with E-state index in [-0.39, 0.29) is 11.6 Å². The average molecular weight is 388 g/mol.